The van der Waals surface area contributed by atoms with Crippen LogP contribution in [0.3, 0.4) is 0 Å². The number of hydrogen-bond acceptors (Lipinski definition) is 2. The molecular weight excluding hydrogens is 283 g/mol. The first-order valence-corrected chi connectivity index (χ1v) is 6.28. The lowest BCUT2D eigenvalue weighted by atomic mass is 10.1. The van der Waals surface area contributed by atoms with E-state index in [2.05, 4.69) is 0 Å². The van der Waals surface area contributed by atoms with Gasteiger partial charge in [-0.05, 0) is 54.6 Å². The molecule has 0 amide bonds. The van der Waals surface area contributed by atoms with E-state index in [9.17, 15) is 9.90 Å². The number of hydrogen-bond donors (Lipinski definition) is 1. The van der Waals surface area contributed by atoms with Crippen LogP contribution in [0.4, 0.5) is 0 Å². The molecule has 0 heterocycles. The summed E-state index contributed by atoms with van der Waals surface area (Å²) in [4.78, 5) is 11.9. The van der Waals surface area contributed by atoms with Crippen LogP contribution >= 0.6 is 23.2 Å². The standard InChI is InChI=1S/C15H10Cl2O2/c16-12-4-1-10(2-5-12)14(18)7-3-11-9-13(17)6-8-15(11)19/h1-9,19H/b7-3+. The monoisotopic (exact) mass is 292 g/mol. The first-order valence-electron chi connectivity index (χ1n) is 5.53. The molecule has 0 bridgehead atoms. The zero-order chi connectivity index (χ0) is 13.8. The highest BCUT2D eigenvalue weighted by atomic mass is 35.5. The Bertz CT molecular complexity index is 631. The van der Waals surface area contributed by atoms with Crippen LogP contribution in [0.15, 0.2) is 48.5 Å². The Kier molecular flexibility index (Phi) is 4.25. The predicted octanol–water partition coefficient (Wildman–Crippen LogP) is 4.60. The topological polar surface area (TPSA) is 37.3 Å². The average Bonchev–Trinajstić information content (AvgIpc) is 2.40. The maximum absolute atomic E-state index is 11.9. The number of allylic oxidation sites excluding steroid dienone is 1. The molecule has 96 valence electrons. The van der Waals surface area contributed by atoms with Gasteiger partial charge in [0.15, 0.2) is 5.78 Å². The number of phenols is 1. The molecule has 0 aromatic heterocycles. The maximum Gasteiger partial charge on any atom is 0.185 e. The third-order valence-corrected chi connectivity index (χ3v) is 3.02. The maximum atomic E-state index is 11.9. The molecule has 0 saturated heterocycles. The van der Waals surface area contributed by atoms with Gasteiger partial charge in [0.25, 0.3) is 0 Å². The zero-order valence-electron chi connectivity index (χ0n) is 9.81. The molecule has 2 nitrogen and oxygen atoms in total. The summed E-state index contributed by atoms with van der Waals surface area (Å²) in [5, 5.41) is 10.7. The van der Waals surface area contributed by atoms with Gasteiger partial charge in [0.05, 0.1) is 0 Å². The van der Waals surface area contributed by atoms with E-state index in [-0.39, 0.29) is 11.5 Å². The second kappa shape index (κ2) is 5.91. The van der Waals surface area contributed by atoms with E-state index in [1.165, 1.54) is 18.2 Å². The molecule has 0 aliphatic heterocycles. The smallest absolute Gasteiger partial charge is 0.185 e. The van der Waals surface area contributed by atoms with Crippen LogP contribution in [-0.2, 0) is 0 Å². The molecule has 0 atom stereocenters. The van der Waals surface area contributed by atoms with Gasteiger partial charge in [-0.3, -0.25) is 4.79 Å². The Morgan fingerprint density at radius 3 is 2.32 bits per heavy atom. The lowest BCUT2D eigenvalue weighted by molar-refractivity contribution is 0.104. The van der Waals surface area contributed by atoms with Gasteiger partial charge in [-0.15, -0.1) is 0 Å². The molecule has 1 N–H and O–H groups in total. The SMILES string of the molecule is O=C(/C=C/c1cc(Cl)ccc1O)c1ccc(Cl)cc1. The number of carbonyl (C=O) groups is 1. The van der Waals surface area contributed by atoms with E-state index in [1.807, 2.05) is 0 Å². The minimum Gasteiger partial charge on any atom is -0.507 e. The molecule has 0 unspecified atom stereocenters. The van der Waals surface area contributed by atoms with E-state index in [0.29, 0.717) is 21.2 Å². The van der Waals surface area contributed by atoms with E-state index in [4.69, 9.17) is 23.2 Å². The van der Waals surface area contributed by atoms with E-state index >= 15 is 0 Å². The molecular formula is C15H10Cl2O2. The van der Waals surface area contributed by atoms with Crippen molar-refractivity contribution in [1.82, 2.24) is 0 Å². The van der Waals surface area contributed by atoms with Crippen LogP contribution in [0.1, 0.15) is 15.9 Å². The fourth-order valence-corrected chi connectivity index (χ4v) is 1.84. The Balaban J connectivity index is 2.20. The predicted molar refractivity (Wildman–Crippen MR) is 77.9 cm³/mol. The normalized spacial score (nSPS) is 10.8. The number of carbonyl (C=O) groups excluding carboxylic acids is 1. The summed E-state index contributed by atoms with van der Waals surface area (Å²) in [6, 6.07) is 11.2. The summed E-state index contributed by atoms with van der Waals surface area (Å²) in [5.41, 5.74) is 1.02. The van der Waals surface area contributed by atoms with Crippen molar-refractivity contribution in [1.29, 1.82) is 0 Å². The largest absolute Gasteiger partial charge is 0.507 e. The van der Waals surface area contributed by atoms with Gasteiger partial charge in [-0.1, -0.05) is 23.2 Å². The molecule has 2 rings (SSSR count). The number of rotatable bonds is 3. The Labute approximate surface area is 120 Å². The van der Waals surface area contributed by atoms with Crippen molar-refractivity contribution < 1.29 is 9.90 Å². The summed E-state index contributed by atoms with van der Waals surface area (Å²) < 4.78 is 0. The molecule has 2 aromatic carbocycles. The number of ketones is 1. The van der Waals surface area contributed by atoms with Crippen molar-refractivity contribution in [2.24, 2.45) is 0 Å². The number of benzene rings is 2. The molecule has 0 fully saturated rings. The van der Waals surface area contributed by atoms with E-state index in [0.717, 1.165) is 0 Å². The van der Waals surface area contributed by atoms with E-state index in [1.54, 1.807) is 36.4 Å². The Hall–Kier alpha value is -1.77. The molecule has 2 aromatic rings. The fraction of sp³-hybridized carbons (Fsp3) is 0. The van der Waals surface area contributed by atoms with Crippen molar-refractivity contribution in [3.8, 4) is 5.75 Å². The van der Waals surface area contributed by atoms with Gasteiger partial charge in [0, 0.05) is 21.2 Å². The summed E-state index contributed by atoms with van der Waals surface area (Å²) in [5.74, 6) is -0.0967. The Morgan fingerprint density at radius 2 is 1.63 bits per heavy atom. The molecule has 0 spiro atoms. The molecule has 0 aliphatic rings. The zero-order valence-corrected chi connectivity index (χ0v) is 11.3. The van der Waals surface area contributed by atoms with Crippen LogP contribution in [0, 0.1) is 0 Å². The van der Waals surface area contributed by atoms with Crippen LogP contribution in [-0.4, -0.2) is 10.9 Å². The highest BCUT2D eigenvalue weighted by molar-refractivity contribution is 6.31. The van der Waals surface area contributed by atoms with Crippen molar-refractivity contribution in [2.45, 2.75) is 0 Å². The second-order valence-corrected chi connectivity index (χ2v) is 4.78. The molecule has 0 saturated carbocycles. The van der Waals surface area contributed by atoms with Crippen LogP contribution in [0.25, 0.3) is 6.08 Å². The molecule has 19 heavy (non-hydrogen) atoms. The van der Waals surface area contributed by atoms with Crippen molar-refractivity contribution in [3.63, 3.8) is 0 Å². The van der Waals surface area contributed by atoms with Crippen LogP contribution < -0.4 is 0 Å². The van der Waals surface area contributed by atoms with Crippen LogP contribution in [0.5, 0.6) is 5.75 Å². The average molecular weight is 293 g/mol. The number of phenolic OH excluding ortho intramolecular Hbond substituents is 1. The lowest BCUT2D eigenvalue weighted by Crippen LogP contribution is -1.93. The van der Waals surface area contributed by atoms with Gasteiger partial charge < -0.3 is 5.11 Å². The third-order valence-electron chi connectivity index (χ3n) is 2.53. The van der Waals surface area contributed by atoms with Gasteiger partial charge >= 0.3 is 0 Å². The Morgan fingerprint density at radius 1 is 1.00 bits per heavy atom. The van der Waals surface area contributed by atoms with Crippen LogP contribution in [0.2, 0.25) is 10.0 Å². The van der Waals surface area contributed by atoms with E-state index < -0.39 is 0 Å². The first kappa shape index (κ1) is 13.7. The molecule has 0 aliphatic carbocycles. The summed E-state index contributed by atoms with van der Waals surface area (Å²) in [6.07, 6.45) is 2.91. The minimum atomic E-state index is -0.170. The van der Waals surface area contributed by atoms with Gasteiger partial charge in [-0.2, -0.15) is 0 Å². The lowest BCUT2D eigenvalue weighted by Gasteiger charge is -1.99. The summed E-state index contributed by atoms with van der Waals surface area (Å²) in [7, 11) is 0. The second-order valence-electron chi connectivity index (χ2n) is 3.91. The summed E-state index contributed by atoms with van der Waals surface area (Å²) in [6.45, 7) is 0. The fourth-order valence-electron chi connectivity index (χ4n) is 1.53. The number of halogens is 2. The van der Waals surface area contributed by atoms with Crippen molar-refractivity contribution in [3.05, 3.63) is 69.7 Å². The van der Waals surface area contributed by atoms with Crippen molar-refractivity contribution in [2.75, 3.05) is 0 Å². The third kappa shape index (κ3) is 3.60. The van der Waals surface area contributed by atoms with Gasteiger partial charge in [0.2, 0.25) is 0 Å². The molecule has 0 radical (unpaired) electrons. The highest BCUT2D eigenvalue weighted by Crippen LogP contribution is 2.22. The summed E-state index contributed by atoms with van der Waals surface area (Å²) >= 11 is 11.6. The highest BCUT2D eigenvalue weighted by Gasteiger charge is 2.03. The van der Waals surface area contributed by atoms with Gasteiger partial charge in [-0.25, -0.2) is 0 Å². The first-order chi connectivity index (χ1) is 9.06. The van der Waals surface area contributed by atoms with Gasteiger partial charge in [0.1, 0.15) is 5.75 Å². The minimum absolute atomic E-state index is 0.0737. The number of aromatic hydroxyl groups is 1. The molecule has 4 heteroatoms. The van der Waals surface area contributed by atoms with Crippen molar-refractivity contribution >= 4 is 35.1 Å². The quantitative estimate of drug-likeness (QED) is 0.663.